The maximum Gasteiger partial charge on any atom is 0.339 e. The molecule has 2 aromatic rings. The second-order valence-corrected chi connectivity index (χ2v) is 6.78. The first-order chi connectivity index (χ1) is 15.6. The van der Waals surface area contributed by atoms with Crippen molar-refractivity contribution in [3.63, 3.8) is 0 Å². The molecule has 2 aliphatic heterocycles. The van der Waals surface area contributed by atoms with Crippen LogP contribution in [0.2, 0.25) is 0 Å². The first-order valence-corrected chi connectivity index (χ1v) is 10.2. The maximum atomic E-state index is 12.9. The highest BCUT2D eigenvalue weighted by Crippen LogP contribution is 2.35. The average molecular weight is 438 g/mol. The summed E-state index contributed by atoms with van der Waals surface area (Å²) in [5, 5.41) is 0. The number of carbonyl (C=O) groups excluding carboxylic acids is 2. The number of esters is 2. The Kier molecular flexibility index (Phi) is 6.30. The second kappa shape index (κ2) is 9.47. The molecule has 0 fully saturated rings. The van der Waals surface area contributed by atoms with Gasteiger partial charge in [0.25, 0.3) is 0 Å². The number of hydrogen-bond acceptors (Lipinski definition) is 8. The summed E-state index contributed by atoms with van der Waals surface area (Å²) in [5.74, 6) is 1.04. The van der Waals surface area contributed by atoms with Crippen LogP contribution in [-0.2, 0) is 19.1 Å². The number of rotatable bonds is 7. The van der Waals surface area contributed by atoms with Gasteiger partial charge in [-0.05, 0) is 61.4 Å². The van der Waals surface area contributed by atoms with Crippen molar-refractivity contribution in [1.29, 1.82) is 0 Å². The number of carbonyl (C=O) groups is 2. The Morgan fingerprint density at radius 2 is 1.12 bits per heavy atom. The fraction of sp³-hybridized carbons (Fsp3) is 0.250. The molecule has 32 heavy (non-hydrogen) atoms. The minimum atomic E-state index is -0.648. The molecule has 2 heterocycles. The summed E-state index contributed by atoms with van der Waals surface area (Å²) in [7, 11) is 0. The first-order valence-electron chi connectivity index (χ1n) is 10.2. The van der Waals surface area contributed by atoms with Gasteiger partial charge in [-0.15, -0.1) is 0 Å². The molecule has 2 aromatic carbocycles. The summed E-state index contributed by atoms with van der Waals surface area (Å²) in [6.07, 6.45) is 3.13. The predicted octanol–water partition coefficient (Wildman–Crippen LogP) is 3.74. The minimum Gasteiger partial charge on any atom is -0.462 e. The van der Waals surface area contributed by atoms with Crippen LogP contribution >= 0.6 is 0 Å². The van der Waals surface area contributed by atoms with E-state index in [0.29, 0.717) is 34.1 Å². The summed E-state index contributed by atoms with van der Waals surface area (Å²) in [6.45, 7) is 3.95. The summed E-state index contributed by atoms with van der Waals surface area (Å²) in [4.78, 5) is 25.7. The van der Waals surface area contributed by atoms with Gasteiger partial charge in [0.2, 0.25) is 13.6 Å². The van der Waals surface area contributed by atoms with Gasteiger partial charge in [-0.1, -0.05) is 12.1 Å². The largest absolute Gasteiger partial charge is 0.462 e. The molecule has 0 amide bonds. The van der Waals surface area contributed by atoms with E-state index in [1.807, 2.05) is 0 Å². The Morgan fingerprint density at radius 3 is 1.53 bits per heavy atom. The molecule has 0 N–H and O–H groups in total. The fourth-order valence-electron chi connectivity index (χ4n) is 3.25. The summed E-state index contributed by atoms with van der Waals surface area (Å²) in [5.41, 5.74) is 1.39. The molecule has 0 saturated heterocycles. The van der Waals surface area contributed by atoms with Crippen LogP contribution in [0.5, 0.6) is 23.0 Å². The summed E-state index contributed by atoms with van der Waals surface area (Å²) >= 11 is 0. The highest BCUT2D eigenvalue weighted by Gasteiger charge is 2.25. The van der Waals surface area contributed by atoms with Crippen LogP contribution in [0.25, 0.3) is 12.2 Å². The molecule has 0 saturated carbocycles. The van der Waals surface area contributed by atoms with Gasteiger partial charge < -0.3 is 28.4 Å². The molecule has 4 rings (SSSR count). The van der Waals surface area contributed by atoms with Gasteiger partial charge >= 0.3 is 11.9 Å². The smallest absolute Gasteiger partial charge is 0.339 e. The molecule has 0 aliphatic carbocycles. The zero-order valence-corrected chi connectivity index (χ0v) is 17.7. The van der Waals surface area contributed by atoms with Gasteiger partial charge in [-0.2, -0.15) is 0 Å². The molecule has 0 spiro atoms. The van der Waals surface area contributed by atoms with Crippen LogP contribution in [-0.4, -0.2) is 38.7 Å². The molecule has 8 nitrogen and oxygen atoms in total. The Hall–Kier alpha value is -3.94. The van der Waals surface area contributed by atoms with Gasteiger partial charge in [0.1, 0.15) is 0 Å². The summed E-state index contributed by atoms with van der Waals surface area (Å²) in [6, 6.07) is 10.5. The van der Waals surface area contributed by atoms with Crippen molar-refractivity contribution in [1.82, 2.24) is 0 Å². The molecule has 0 unspecified atom stereocenters. The Labute approximate surface area is 184 Å². The van der Waals surface area contributed by atoms with Crippen molar-refractivity contribution in [2.24, 2.45) is 0 Å². The van der Waals surface area contributed by atoms with Crippen LogP contribution in [0, 0.1) is 0 Å². The quantitative estimate of drug-likeness (QED) is 0.367. The van der Waals surface area contributed by atoms with Crippen LogP contribution < -0.4 is 18.9 Å². The topological polar surface area (TPSA) is 89.5 Å². The van der Waals surface area contributed by atoms with Crippen LogP contribution in [0.1, 0.15) is 25.0 Å². The standard InChI is InChI=1S/C24H22O8/c1-3-27-23(25)17(9-15-5-7-19-21(11-15)31-13-29-19)18(24(26)28-4-2)10-16-6-8-20-22(12-16)32-14-30-20/h5-12H,3-4,13-14H2,1-2H3. The van der Waals surface area contributed by atoms with E-state index in [1.165, 1.54) is 0 Å². The zero-order chi connectivity index (χ0) is 22.5. The van der Waals surface area contributed by atoms with Crippen LogP contribution in [0.3, 0.4) is 0 Å². The highest BCUT2D eigenvalue weighted by molar-refractivity contribution is 6.12. The van der Waals surface area contributed by atoms with Gasteiger partial charge in [0, 0.05) is 0 Å². The molecule has 0 radical (unpaired) electrons. The Bertz CT molecular complexity index is 1010. The van der Waals surface area contributed by atoms with E-state index < -0.39 is 11.9 Å². The molecular formula is C24H22O8. The van der Waals surface area contributed by atoms with E-state index in [9.17, 15) is 9.59 Å². The predicted molar refractivity (Wildman–Crippen MR) is 114 cm³/mol. The maximum absolute atomic E-state index is 12.9. The number of ether oxygens (including phenoxy) is 6. The Morgan fingerprint density at radius 1 is 0.719 bits per heavy atom. The van der Waals surface area contributed by atoms with E-state index in [-0.39, 0.29) is 37.9 Å². The third-order valence-corrected chi connectivity index (χ3v) is 4.70. The van der Waals surface area contributed by atoms with Crippen molar-refractivity contribution >= 4 is 24.1 Å². The SMILES string of the molecule is CCOC(=O)C(=Cc1ccc2c(c1)OCO2)C(=Cc1ccc2c(c1)OCO2)C(=O)OCC. The normalized spacial score (nSPS) is 14.3. The monoisotopic (exact) mass is 438 g/mol. The minimum absolute atomic E-state index is 0.0573. The van der Waals surface area contributed by atoms with Gasteiger partial charge in [0.15, 0.2) is 23.0 Å². The van der Waals surface area contributed by atoms with E-state index in [0.717, 1.165) is 0 Å². The van der Waals surface area contributed by atoms with E-state index >= 15 is 0 Å². The summed E-state index contributed by atoms with van der Waals surface area (Å²) < 4.78 is 32.0. The third-order valence-electron chi connectivity index (χ3n) is 4.70. The van der Waals surface area contributed by atoms with Crippen molar-refractivity contribution in [2.45, 2.75) is 13.8 Å². The lowest BCUT2D eigenvalue weighted by molar-refractivity contribution is -0.141. The number of hydrogen-bond donors (Lipinski definition) is 0. The lowest BCUT2D eigenvalue weighted by Gasteiger charge is -2.12. The number of benzene rings is 2. The molecule has 2 aliphatic rings. The lowest BCUT2D eigenvalue weighted by atomic mass is 9.99. The van der Waals surface area contributed by atoms with Gasteiger partial charge in [-0.25, -0.2) is 9.59 Å². The molecule has 0 bridgehead atoms. The van der Waals surface area contributed by atoms with Gasteiger partial charge in [0.05, 0.1) is 24.4 Å². The zero-order valence-electron chi connectivity index (χ0n) is 17.7. The average Bonchev–Trinajstić information content (AvgIpc) is 3.44. The molecule has 166 valence electrons. The van der Waals surface area contributed by atoms with Crippen molar-refractivity contribution < 1.29 is 38.0 Å². The second-order valence-electron chi connectivity index (χ2n) is 6.78. The van der Waals surface area contributed by atoms with Gasteiger partial charge in [-0.3, -0.25) is 0 Å². The van der Waals surface area contributed by atoms with Crippen LogP contribution in [0.15, 0.2) is 47.5 Å². The fourth-order valence-corrected chi connectivity index (χ4v) is 3.25. The number of fused-ring (bicyclic) bond motifs is 2. The van der Waals surface area contributed by atoms with Crippen molar-refractivity contribution in [3.8, 4) is 23.0 Å². The highest BCUT2D eigenvalue weighted by atomic mass is 16.7. The molecule has 8 heteroatoms. The Balaban J connectivity index is 1.79. The first kappa shape index (κ1) is 21.3. The van der Waals surface area contributed by atoms with E-state index in [2.05, 4.69) is 0 Å². The molecule has 0 aromatic heterocycles. The molecule has 0 atom stereocenters. The van der Waals surface area contributed by atoms with Crippen molar-refractivity contribution in [2.75, 3.05) is 26.8 Å². The van der Waals surface area contributed by atoms with E-state index in [1.54, 1.807) is 62.4 Å². The van der Waals surface area contributed by atoms with E-state index in [4.69, 9.17) is 28.4 Å². The van der Waals surface area contributed by atoms with Crippen LogP contribution in [0.4, 0.5) is 0 Å². The third kappa shape index (κ3) is 4.54. The van der Waals surface area contributed by atoms with Crippen molar-refractivity contribution in [3.05, 3.63) is 58.7 Å². The molecular weight excluding hydrogens is 416 g/mol. The lowest BCUT2D eigenvalue weighted by Crippen LogP contribution is -2.17.